The minimum absolute atomic E-state index is 0.440. The molecule has 1 spiro atoms. The molecule has 52 heavy (non-hydrogen) atoms. The molecule has 11 rings (SSSR count). The van der Waals surface area contributed by atoms with E-state index >= 15 is 0 Å². The molecular weight excluding hydrogens is 631 g/mol. The molecule has 2 nitrogen and oxygen atoms in total. The van der Waals surface area contributed by atoms with Crippen LogP contribution in [0.4, 0.5) is 0 Å². The third-order valence-electron chi connectivity index (χ3n) is 11.6. The lowest BCUT2D eigenvalue weighted by Crippen LogP contribution is -2.34. The van der Waals surface area contributed by atoms with Crippen molar-refractivity contribution in [1.29, 1.82) is 0 Å². The maximum absolute atomic E-state index is 6.96. The molecule has 8 aromatic rings. The van der Waals surface area contributed by atoms with Crippen LogP contribution in [0.25, 0.3) is 55.3 Å². The molecule has 0 bridgehead atoms. The molecule has 7 aromatic carbocycles. The van der Waals surface area contributed by atoms with E-state index in [1.165, 1.54) is 77.5 Å². The van der Waals surface area contributed by atoms with Gasteiger partial charge >= 0.3 is 0 Å². The zero-order chi connectivity index (χ0) is 34.4. The zero-order valence-electron chi connectivity index (χ0n) is 28.9. The van der Waals surface area contributed by atoms with Gasteiger partial charge in [-0.25, -0.2) is 0 Å². The molecule has 0 amide bonds. The van der Waals surface area contributed by atoms with E-state index in [4.69, 9.17) is 4.74 Å². The van der Waals surface area contributed by atoms with Gasteiger partial charge in [-0.1, -0.05) is 140 Å². The highest BCUT2D eigenvalue weighted by Gasteiger charge is 2.52. The number of hydrogen-bond acceptors (Lipinski definition) is 1. The lowest BCUT2D eigenvalue weighted by Gasteiger charge is -2.41. The van der Waals surface area contributed by atoms with Gasteiger partial charge in [0.2, 0.25) is 0 Å². The van der Waals surface area contributed by atoms with Crippen molar-refractivity contribution in [3.8, 4) is 39.4 Å². The number of allylic oxidation sites excluding steroid dienone is 4. The molecule has 3 aliphatic rings. The first-order chi connectivity index (χ1) is 25.7. The Morgan fingerprint density at radius 2 is 1.19 bits per heavy atom. The molecule has 246 valence electrons. The lowest BCUT2D eigenvalue weighted by atomic mass is 9.63. The molecule has 2 atom stereocenters. The summed E-state index contributed by atoms with van der Waals surface area (Å²) in [6.45, 7) is 2.34. The monoisotopic (exact) mass is 665 g/mol. The molecule has 0 fully saturated rings. The predicted molar refractivity (Wildman–Crippen MR) is 214 cm³/mol. The highest BCUT2D eigenvalue weighted by molar-refractivity contribution is 6.11. The molecule has 2 unspecified atom stereocenters. The number of para-hydroxylation sites is 2. The van der Waals surface area contributed by atoms with E-state index in [-0.39, 0.29) is 0 Å². The highest BCUT2D eigenvalue weighted by atomic mass is 16.5. The van der Waals surface area contributed by atoms with Gasteiger partial charge in [0.25, 0.3) is 0 Å². The van der Waals surface area contributed by atoms with E-state index in [1.54, 1.807) is 0 Å². The number of ether oxygens (including phenoxy) is 1. The Morgan fingerprint density at radius 3 is 1.96 bits per heavy atom. The molecule has 1 aliphatic heterocycles. The highest BCUT2D eigenvalue weighted by Crippen LogP contribution is 2.63. The van der Waals surface area contributed by atoms with E-state index in [0.29, 0.717) is 5.92 Å². The summed E-state index contributed by atoms with van der Waals surface area (Å²) in [5.41, 5.74) is 15.7. The van der Waals surface area contributed by atoms with Gasteiger partial charge in [-0.3, -0.25) is 0 Å². The topological polar surface area (TPSA) is 14.2 Å². The molecule has 2 heteroatoms. The Morgan fingerprint density at radius 1 is 0.538 bits per heavy atom. The number of rotatable bonds is 3. The quantitative estimate of drug-likeness (QED) is 0.183. The third-order valence-corrected chi connectivity index (χ3v) is 11.6. The van der Waals surface area contributed by atoms with Crippen LogP contribution in [0, 0.1) is 5.92 Å². The molecule has 0 saturated heterocycles. The molecular formula is C50H35NO. The molecule has 0 N–H and O–H groups in total. The minimum Gasteiger partial charge on any atom is -0.457 e. The summed E-state index contributed by atoms with van der Waals surface area (Å²) in [7, 11) is 0. The number of hydrogen-bond donors (Lipinski definition) is 0. The van der Waals surface area contributed by atoms with Crippen molar-refractivity contribution >= 4 is 27.4 Å². The van der Waals surface area contributed by atoms with Gasteiger partial charge in [-0.2, -0.15) is 0 Å². The fourth-order valence-electron chi connectivity index (χ4n) is 9.41. The largest absolute Gasteiger partial charge is 0.457 e. The molecule has 1 aromatic heterocycles. The Labute approximate surface area is 303 Å². The van der Waals surface area contributed by atoms with Crippen molar-refractivity contribution in [2.75, 3.05) is 0 Å². The summed E-state index contributed by atoms with van der Waals surface area (Å²) in [5.74, 6) is 2.31. The lowest BCUT2D eigenvalue weighted by molar-refractivity contribution is 0.430. The number of benzene rings is 7. The van der Waals surface area contributed by atoms with Crippen LogP contribution in [0.5, 0.6) is 11.5 Å². The maximum Gasteiger partial charge on any atom is 0.132 e. The summed E-state index contributed by atoms with van der Waals surface area (Å²) in [5, 5.41) is 2.40. The van der Waals surface area contributed by atoms with Crippen LogP contribution in [-0.2, 0) is 5.41 Å². The van der Waals surface area contributed by atoms with Gasteiger partial charge in [-0.15, -0.1) is 0 Å². The summed E-state index contributed by atoms with van der Waals surface area (Å²) in [6.07, 6.45) is 5.76. The second-order valence-electron chi connectivity index (χ2n) is 14.5. The fourth-order valence-corrected chi connectivity index (χ4v) is 9.41. The average molecular weight is 666 g/mol. The van der Waals surface area contributed by atoms with Gasteiger partial charge in [0.1, 0.15) is 11.5 Å². The van der Waals surface area contributed by atoms with Crippen molar-refractivity contribution in [2.24, 2.45) is 5.92 Å². The standard InChI is InChI=1S/C50H35NO/c1-32-24-25-39-38-18-8-10-20-42(38)50(44(39)26-32)43-21-11-13-23-48(43)52-49-30-41-40-19-9-12-22-46(40)51(47(41)31-45(49)50)37-28-35(33-14-4-2-5-15-33)27-36(29-37)34-16-6-3-7-17-34/h2-25,27-32H,26H2,1H3. The van der Waals surface area contributed by atoms with Gasteiger partial charge in [0.05, 0.1) is 16.4 Å². The van der Waals surface area contributed by atoms with Crippen molar-refractivity contribution in [2.45, 2.75) is 18.8 Å². The van der Waals surface area contributed by atoms with Crippen LogP contribution in [0.3, 0.4) is 0 Å². The van der Waals surface area contributed by atoms with Crippen LogP contribution in [0.15, 0.2) is 182 Å². The van der Waals surface area contributed by atoms with Crippen molar-refractivity contribution in [1.82, 2.24) is 4.57 Å². The van der Waals surface area contributed by atoms with E-state index in [9.17, 15) is 0 Å². The van der Waals surface area contributed by atoms with Crippen molar-refractivity contribution in [3.63, 3.8) is 0 Å². The molecule has 2 aliphatic carbocycles. The maximum atomic E-state index is 6.96. The van der Waals surface area contributed by atoms with Crippen molar-refractivity contribution < 1.29 is 4.74 Å². The first-order valence-corrected chi connectivity index (χ1v) is 18.3. The average Bonchev–Trinajstić information content (AvgIpc) is 3.67. The predicted octanol–water partition coefficient (Wildman–Crippen LogP) is 12.9. The number of nitrogens with zero attached hydrogens (tertiary/aromatic N) is 1. The van der Waals surface area contributed by atoms with Crippen molar-refractivity contribution in [3.05, 3.63) is 204 Å². The SMILES string of the molecule is CC1C=CC2=C(C1)C1(c3ccccc3Oc3cc4c5ccccc5n(-c5cc(-c6ccccc6)cc(-c6ccccc6)c5)c4cc31)c1ccccc12. The summed E-state index contributed by atoms with van der Waals surface area (Å²) in [4.78, 5) is 0. The minimum atomic E-state index is -0.467. The van der Waals surface area contributed by atoms with Gasteiger partial charge in [0.15, 0.2) is 0 Å². The number of aromatic nitrogens is 1. The van der Waals surface area contributed by atoms with E-state index < -0.39 is 5.41 Å². The van der Waals surface area contributed by atoms with Gasteiger partial charge < -0.3 is 9.30 Å². The van der Waals surface area contributed by atoms with Crippen LogP contribution >= 0.6 is 0 Å². The van der Waals surface area contributed by atoms with Crippen LogP contribution in [0.2, 0.25) is 0 Å². The smallest absolute Gasteiger partial charge is 0.132 e. The number of fused-ring (bicyclic) bond motifs is 11. The first-order valence-electron chi connectivity index (χ1n) is 18.3. The Bertz CT molecular complexity index is 2740. The summed E-state index contributed by atoms with van der Waals surface area (Å²) < 4.78 is 9.45. The third kappa shape index (κ3) is 4.06. The second-order valence-corrected chi connectivity index (χ2v) is 14.5. The Kier molecular flexibility index (Phi) is 6.24. The van der Waals surface area contributed by atoms with E-state index in [2.05, 4.69) is 187 Å². The van der Waals surface area contributed by atoms with Gasteiger partial charge in [-0.05, 0) is 99.3 Å². The summed E-state index contributed by atoms with van der Waals surface area (Å²) in [6, 6.07) is 59.9. The van der Waals surface area contributed by atoms with Crippen LogP contribution in [-0.4, -0.2) is 4.57 Å². The van der Waals surface area contributed by atoms with E-state index in [0.717, 1.165) is 23.6 Å². The normalized spacial score (nSPS) is 18.3. The van der Waals surface area contributed by atoms with E-state index in [1.807, 2.05) is 0 Å². The Balaban J connectivity index is 1.26. The fraction of sp³-hybridized carbons (Fsp3) is 0.0800. The zero-order valence-corrected chi connectivity index (χ0v) is 28.9. The molecule has 0 radical (unpaired) electrons. The molecule has 2 heterocycles. The van der Waals surface area contributed by atoms with Crippen LogP contribution in [0.1, 0.15) is 35.6 Å². The van der Waals surface area contributed by atoms with Gasteiger partial charge in [0, 0.05) is 27.6 Å². The first kappa shape index (κ1) is 29.4. The molecule has 0 saturated carbocycles. The Hall–Kier alpha value is -6.38. The summed E-state index contributed by atoms with van der Waals surface area (Å²) >= 11 is 0. The van der Waals surface area contributed by atoms with Crippen LogP contribution < -0.4 is 4.74 Å². The second kappa shape index (κ2) is 11.1.